The number of rotatable bonds is 1. The van der Waals surface area contributed by atoms with Gasteiger partial charge in [0.1, 0.15) is 17.4 Å². The molecule has 1 saturated heterocycles. The largest absolute Gasteiger partial charge is 0.350 e. The van der Waals surface area contributed by atoms with Gasteiger partial charge in [0, 0.05) is 25.2 Å². The summed E-state index contributed by atoms with van der Waals surface area (Å²) in [4.78, 5) is 28.5. The quantitative estimate of drug-likeness (QED) is 0.762. The number of amidine groups is 2. The van der Waals surface area contributed by atoms with Gasteiger partial charge < -0.3 is 15.1 Å². The number of fused-ring (bicyclic) bond motifs is 3. The lowest BCUT2D eigenvalue weighted by atomic mass is 10.1. The second-order valence-corrected chi connectivity index (χ2v) is 5.62. The van der Waals surface area contributed by atoms with Crippen LogP contribution >= 0.6 is 11.6 Å². The molecule has 7 nitrogen and oxygen atoms in total. The first-order chi connectivity index (χ1) is 10.2. The lowest BCUT2D eigenvalue weighted by Gasteiger charge is -2.43. The summed E-state index contributed by atoms with van der Waals surface area (Å²) in [6, 6.07) is 2.17. The van der Waals surface area contributed by atoms with E-state index in [1.165, 1.54) is 0 Å². The summed E-state index contributed by atoms with van der Waals surface area (Å²) in [6.07, 6.45) is 1.63. The SMILES string of the molecule is CNC1CN(C2=Nc3cnc(Cl)cc3N3CC(=O)N=C23)C1. The first kappa shape index (κ1) is 12.7. The number of carbonyl (C=O) groups excluding carboxylic acids is 1. The molecule has 1 amide bonds. The average Bonchev–Trinajstić information content (AvgIpc) is 2.80. The monoisotopic (exact) mass is 304 g/mol. The summed E-state index contributed by atoms with van der Waals surface area (Å²) in [6.45, 7) is 1.93. The van der Waals surface area contributed by atoms with E-state index in [4.69, 9.17) is 11.6 Å². The van der Waals surface area contributed by atoms with Gasteiger partial charge in [-0.3, -0.25) is 4.79 Å². The molecule has 1 aromatic rings. The first-order valence-electron chi connectivity index (χ1n) is 6.71. The normalized spacial score (nSPS) is 20.8. The van der Waals surface area contributed by atoms with Gasteiger partial charge in [-0.15, -0.1) is 0 Å². The fraction of sp³-hybridized carbons (Fsp3) is 0.385. The fourth-order valence-electron chi connectivity index (χ4n) is 2.72. The smallest absolute Gasteiger partial charge is 0.267 e. The number of aromatic nitrogens is 1. The molecule has 4 heterocycles. The van der Waals surface area contributed by atoms with Crippen LogP contribution in [0.2, 0.25) is 5.15 Å². The predicted molar refractivity (Wildman–Crippen MR) is 80.6 cm³/mol. The van der Waals surface area contributed by atoms with Crippen molar-refractivity contribution in [2.75, 3.05) is 31.6 Å². The third-order valence-corrected chi connectivity index (χ3v) is 4.12. The molecule has 4 rings (SSSR count). The maximum absolute atomic E-state index is 11.7. The number of halogens is 1. The number of nitrogens with zero attached hydrogens (tertiary/aromatic N) is 5. The Balaban J connectivity index is 1.77. The Morgan fingerprint density at radius 1 is 1.33 bits per heavy atom. The molecule has 3 aliphatic heterocycles. The van der Waals surface area contributed by atoms with Crippen molar-refractivity contribution in [2.45, 2.75) is 6.04 Å². The minimum Gasteiger partial charge on any atom is -0.350 e. The van der Waals surface area contributed by atoms with Crippen LogP contribution in [0.3, 0.4) is 0 Å². The molecule has 3 aliphatic rings. The van der Waals surface area contributed by atoms with E-state index < -0.39 is 0 Å². The molecule has 0 aliphatic carbocycles. The zero-order valence-corrected chi connectivity index (χ0v) is 12.1. The van der Waals surface area contributed by atoms with Crippen LogP contribution < -0.4 is 10.2 Å². The third kappa shape index (κ3) is 1.92. The lowest BCUT2D eigenvalue weighted by molar-refractivity contribution is -0.115. The summed E-state index contributed by atoms with van der Waals surface area (Å²) in [7, 11) is 1.94. The van der Waals surface area contributed by atoms with Gasteiger partial charge in [-0.1, -0.05) is 11.6 Å². The van der Waals surface area contributed by atoms with E-state index in [2.05, 4.69) is 25.2 Å². The van der Waals surface area contributed by atoms with Gasteiger partial charge in [-0.25, -0.2) is 9.98 Å². The summed E-state index contributed by atoms with van der Waals surface area (Å²) < 4.78 is 0. The van der Waals surface area contributed by atoms with Crippen molar-refractivity contribution in [2.24, 2.45) is 9.98 Å². The van der Waals surface area contributed by atoms with Crippen molar-refractivity contribution >= 4 is 40.6 Å². The van der Waals surface area contributed by atoms with E-state index in [9.17, 15) is 4.79 Å². The van der Waals surface area contributed by atoms with Gasteiger partial charge in [0.2, 0.25) is 0 Å². The van der Waals surface area contributed by atoms with Gasteiger partial charge in [-0.05, 0) is 7.05 Å². The standard InChI is InChI=1S/C13H13ClN6O/c1-15-7-4-19(5-7)12-13-18-11(21)6-20(13)9-2-10(14)16-3-8(9)17-12/h2-3,7,15H,4-6H2,1H3. The maximum atomic E-state index is 11.7. The summed E-state index contributed by atoms with van der Waals surface area (Å²) in [5.41, 5.74) is 1.50. The van der Waals surface area contributed by atoms with Crippen molar-refractivity contribution in [1.29, 1.82) is 0 Å². The molecule has 1 fully saturated rings. The number of carbonyl (C=O) groups is 1. The molecule has 0 atom stereocenters. The molecular weight excluding hydrogens is 292 g/mol. The zero-order chi connectivity index (χ0) is 14.6. The number of nitrogens with one attached hydrogen (secondary N) is 1. The summed E-state index contributed by atoms with van der Waals surface area (Å²) in [5, 5.41) is 3.60. The van der Waals surface area contributed by atoms with Crippen LogP contribution in [0.4, 0.5) is 11.4 Å². The molecule has 0 spiro atoms. The van der Waals surface area contributed by atoms with Crippen LogP contribution in [0, 0.1) is 0 Å². The average molecular weight is 305 g/mol. The summed E-state index contributed by atoms with van der Waals surface area (Å²) >= 11 is 5.95. The highest BCUT2D eigenvalue weighted by molar-refractivity contribution is 6.50. The maximum Gasteiger partial charge on any atom is 0.267 e. The molecule has 1 aromatic heterocycles. The Morgan fingerprint density at radius 2 is 2.14 bits per heavy atom. The van der Waals surface area contributed by atoms with Crippen LogP contribution in [-0.2, 0) is 4.79 Å². The van der Waals surface area contributed by atoms with E-state index in [-0.39, 0.29) is 12.5 Å². The number of amides is 1. The molecule has 0 unspecified atom stereocenters. The molecular formula is C13H13ClN6O. The van der Waals surface area contributed by atoms with Crippen LogP contribution in [0.15, 0.2) is 22.2 Å². The highest BCUT2D eigenvalue weighted by atomic mass is 35.5. The summed E-state index contributed by atoms with van der Waals surface area (Å²) in [5.74, 6) is 1.19. The van der Waals surface area contributed by atoms with Gasteiger partial charge in [0.15, 0.2) is 11.7 Å². The van der Waals surface area contributed by atoms with Crippen molar-refractivity contribution in [3.05, 3.63) is 17.4 Å². The molecule has 108 valence electrons. The topological polar surface area (TPSA) is 73.2 Å². The van der Waals surface area contributed by atoms with Crippen molar-refractivity contribution in [3.8, 4) is 0 Å². The highest BCUT2D eigenvalue weighted by Crippen LogP contribution is 2.36. The van der Waals surface area contributed by atoms with Crippen LogP contribution in [0.5, 0.6) is 0 Å². The van der Waals surface area contributed by atoms with E-state index in [1.807, 2.05) is 11.9 Å². The predicted octanol–water partition coefficient (Wildman–Crippen LogP) is 0.427. The van der Waals surface area contributed by atoms with Crippen LogP contribution in [0.25, 0.3) is 0 Å². The number of hydrogen-bond donors (Lipinski definition) is 1. The minimum atomic E-state index is -0.163. The molecule has 0 saturated carbocycles. The number of aliphatic imine (C=N–C) groups is 2. The van der Waals surface area contributed by atoms with Crippen LogP contribution in [-0.4, -0.2) is 60.2 Å². The molecule has 0 bridgehead atoms. The van der Waals surface area contributed by atoms with E-state index in [0.717, 1.165) is 30.3 Å². The van der Waals surface area contributed by atoms with E-state index in [1.54, 1.807) is 12.3 Å². The van der Waals surface area contributed by atoms with Gasteiger partial charge in [-0.2, -0.15) is 4.99 Å². The highest BCUT2D eigenvalue weighted by Gasteiger charge is 2.39. The number of likely N-dealkylation sites (tertiary alicyclic amines) is 1. The van der Waals surface area contributed by atoms with Gasteiger partial charge in [0.05, 0.1) is 11.9 Å². The fourth-order valence-corrected chi connectivity index (χ4v) is 2.87. The van der Waals surface area contributed by atoms with E-state index >= 15 is 0 Å². The van der Waals surface area contributed by atoms with Gasteiger partial charge in [0.25, 0.3) is 5.91 Å². The zero-order valence-electron chi connectivity index (χ0n) is 11.4. The molecule has 8 heteroatoms. The van der Waals surface area contributed by atoms with Gasteiger partial charge >= 0.3 is 0 Å². The van der Waals surface area contributed by atoms with Crippen molar-refractivity contribution in [3.63, 3.8) is 0 Å². The Kier molecular flexibility index (Phi) is 2.73. The number of pyridine rings is 1. The minimum absolute atomic E-state index is 0.163. The third-order valence-electron chi connectivity index (χ3n) is 3.91. The Labute approximate surface area is 126 Å². The second kappa shape index (κ2) is 4.51. The number of hydrogen-bond acceptors (Lipinski definition) is 6. The molecule has 0 radical (unpaired) electrons. The van der Waals surface area contributed by atoms with Crippen molar-refractivity contribution in [1.82, 2.24) is 15.2 Å². The molecule has 21 heavy (non-hydrogen) atoms. The molecule has 1 N–H and O–H groups in total. The lowest BCUT2D eigenvalue weighted by Crippen LogP contribution is -2.62. The number of likely N-dealkylation sites (N-methyl/N-ethyl adjacent to an activating group) is 1. The Hall–Kier alpha value is -1.99. The molecule has 0 aromatic carbocycles. The van der Waals surface area contributed by atoms with E-state index in [0.29, 0.717) is 17.0 Å². The Morgan fingerprint density at radius 3 is 2.90 bits per heavy atom. The van der Waals surface area contributed by atoms with Crippen molar-refractivity contribution < 1.29 is 4.79 Å². The Bertz CT molecular complexity index is 694. The number of anilines is 1. The first-order valence-corrected chi connectivity index (χ1v) is 7.09. The second-order valence-electron chi connectivity index (χ2n) is 5.24. The van der Waals surface area contributed by atoms with Crippen LogP contribution in [0.1, 0.15) is 0 Å².